The van der Waals surface area contributed by atoms with Gasteiger partial charge in [0.05, 0.1) is 6.42 Å². The molecule has 0 aliphatic heterocycles. The molecule has 0 unspecified atom stereocenters. The monoisotopic (exact) mass is 321 g/mol. The van der Waals surface area contributed by atoms with E-state index in [9.17, 15) is 9.59 Å². The maximum absolute atomic E-state index is 12.0. The first-order valence-corrected chi connectivity index (χ1v) is 8.97. The van der Waals surface area contributed by atoms with Crippen molar-refractivity contribution in [3.63, 3.8) is 0 Å². The van der Waals surface area contributed by atoms with Crippen LogP contribution in [-0.2, 0) is 15.3 Å². The van der Waals surface area contributed by atoms with E-state index in [2.05, 4.69) is 5.32 Å². The van der Waals surface area contributed by atoms with Gasteiger partial charge in [0.2, 0.25) is 5.91 Å². The lowest BCUT2D eigenvalue weighted by Crippen LogP contribution is -2.15. The zero-order chi connectivity index (χ0) is 15.8. The van der Waals surface area contributed by atoms with Gasteiger partial charge in [0, 0.05) is 23.6 Å². The van der Waals surface area contributed by atoms with Gasteiger partial charge < -0.3 is 10.4 Å². The molecule has 1 aromatic carbocycles. The normalized spacial score (nSPS) is 14.9. The molecule has 1 aromatic rings. The highest BCUT2D eigenvalue weighted by Crippen LogP contribution is 2.28. The highest BCUT2D eigenvalue weighted by atomic mass is 32.2. The summed E-state index contributed by atoms with van der Waals surface area (Å²) in [4.78, 5) is 22.5. The number of amides is 1. The SMILES string of the molecule is O=C(O)CCSCc1cccc(NC(=O)CC2CCCC2)c1. The van der Waals surface area contributed by atoms with Gasteiger partial charge in [0.1, 0.15) is 0 Å². The average Bonchev–Trinajstić information content (AvgIpc) is 2.96. The topological polar surface area (TPSA) is 66.4 Å². The van der Waals surface area contributed by atoms with Crippen LogP contribution >= 0.6 is 11.8 Å². The van der Waals surface area contributed by atoms with Crippen LogP contribution in [0.4, 0.5) is 5.69 Å². The molecule has 22 heavy (non-hydrogen) atoms. The van der Waals surface area contributed by atoms with Crippen molar-refractivity contribution in [2.45, 2.75) is 44.3 Å². The van der Waals surface area contributed by atoms with Gasteiger partial charge in [0.25, 0.3) is 0 Å². The molecule has 0 saturated heterocycles. The summed E-state index contributed by atoms with van der Waals surface area (Å²) < 4.78 is 0. The molecule has 0 spiro atoms. The molecule has 0 bridgehead atoms. The number of benzene rings is 1. The van der Waals surface area contributed by atoms with E-state index in [1.807, 2.05) is 24.3 Å². The Morgan fingerprint density at radius 2 is 2.05 bits per heavy atom. The lowest BCUT2D eigenvalue weighted by atomic mass is 10.0. The van der Waals surface area contributed by atoms with Crippen LogP contribution in [0, 0.1) is 5.92 Å². The molecular formula is C17H23NO3S. The quantitative estimate of drug-likeness (QED) is 0.712. The number of hydrogen-bond acceptors (Lipinski definition) is 3. The van der Waals surface area contributed by atoms with E-state index in [4.69, 9.17) is 5.11 Å². The number of carboxylic acid groups (broad SMARTS) is 1. The first-order chi connectivity index (χ1) is 10.6. The van der Waals surface area contributed by atoms with Crippen molar-refractivity contribution in [2.75, 3.05) is 11.1 Å². The fourth-order valence-electron chi connectivity index (χ4n) is 2.78. The molecule has 5 heteroatoms. The Morgan fingerprint density at radius 1 is 1.27 bits per heavy atom. The van der Waals surface area contributed by atoms with Crippen molar-refractivity contribution in [2.24, 2.45) is 5.92 Å². The average molecular weight is 321 g/mol. The molecule has 0 atom stereocenters. The van der Waals surface area contributed by atoms with Gasteiger partial charge >= 0.3 is 5.97 Å². The Labute approximate surface area is 135 Å². The van der Waals surface area contributed by atoms with E-state index in [1.165, 1.54) is 25.7 Å². The van der Waals surface area contributed by atoms with Crippen LogP contribution in [-0.4, -0.2) is 22.7 Å². The third-order valence-corrected chi connectivity index (χ3v) is 4.92. The van der Waals surface area contributed by atoms with E-state index in [1.54, 1.807) is 11.8 Å². The number of rotatable bonds is 8. The van der Waals surface area contributed by atoms with E-state index in [-0.39, 0.29) is 12.3 Å². The van der Waals surface area contributed by atoms with E-state index < -0.39 is 5.97 Å². The number of carbonyl (C=O) groups is 2. The van der Waals surface area contributed by atoms with Gasteiger partial charge in [-0.25, -0.2) is 0 Å². The highest BCUT2D eigenvalue weighted by Gasteiger charge is 2.18. The second kappa shape index (κ2) is 8.83. The molecule has 120 valence electrons. The molecular weight excluding hydrogens is 298 g/mol. The fourth-order valence-corrected chi connectivity index (χ4v) is 3.66. The van der Waals surface area contributed by atoms with Crippen molar-refractivity contribution in [1.29, 1.82) is 0 Å². The Morgan fingerprint density at radius 3 is 2.77 bits per heavy atom. The van der Waals surface area contributed by atoms with Crippen molar-refractivity contribution in [3.05, 3.63) is 29.8 Å². The Hall–Kier alpha value is -1.49. The lowest BCUT2D eigenvalue weighted by molar-refractivity contribution is -0.136. The fraction of sp³-hybridized carbons (Fsp3) is 0.529. The third kappa shape index (κ3) is 6.10. The molecule has 0 aromatic heterocycles. The predicted molar refractivity (Wildman–Crippen MR) is 90.1 cm³/mol. The van der Waals surface area contributed by atoms with E-state index in [0.29, 0.717) is 18.1 Å². The van der Waals surface area contributed by atoms with Crippen molar-refractivity contribution in [1.82, 2.24) is 0 Å². The predicted octanol–water partition coefficient (Wildman–Crippen LogP) is 3.91. The van der Waals surface area contributed by atoms with Crippen LogP contribution in [0.1, 0.15) is 44.1 Å². The number of carbonyl (C=O) groups excluding carboxylic acids is 1. The van der Waals surface area contributed by atoms with Crippen LogP contribution in [0.3, 0.4) is 0 Å². The van der Waals surface area contributed by atoms with Crippen LogP contribution in [0.25, 0.3) is 0 Å². The minimum absolute atomic E-state index is 0.0996. The number of hydrogen-bond donors (Lipinski definition) is 2. The van der Waals surface area contributed by atoms with Gasteiger partial charge in [-0.1, -0.05) is 25.0 Å². The van der Waals surface area contributed by atoms with Crippen LogP contribution in [0.15, 0.2) is 24.3 Å². The lowest BCUT2D eigenvalue weighted by Gasteiger charge is -2.10. The molecule has 0 heterocycles. The molecule has 2 rings (SSSR count). The van der Waals surface area contributed by atoms with Gasteiger partial charge in [-0.05, 0) is 36.5 Å². The van der Waals surface area contributed by atoms with Crippen molar-refractivity contribution in [3.8, 4) is 0 Å². The van der Waals surface area contributed by atoms with Crippen molar-refractivity contribution >= 4 is 29.3 Å². The summed E-state index contributed by atoms with van der Waals surface area (Å²) in [7, 11) is 0. The number of thioether (sulfide) groups is 1. The molecule has 0 radical (unpaired) electrons. The zero-order valence-corrected chi connectivity index (χ0v) is 13.5. The van der Waals surface area contributed by atoms with Crippen LogP contribution < -0.4 is 5.32 Å². The Balaban J connectivity index is 1.77. The minimum atomic E-state index is -0.763. The summed E-state index contributed by atoms with van der Waals surface area (Å²) in [5, 5.41) is 11.6. The summed E-state index contributed by atoms with van der Waals surface area (Å²) >= 11 is 1.59. The zero-order valence-electron chi connectivity index (χ0n) is 12.7. The summed E-state index contributed by atoms with van der Waals surface area (Å²) in [6.07, 6.45) is 5.66. The van der Waals surface area contributed by atoms with E-state index >= 15 is 0 Å². The first kappa shape index (κ1) is 16.9. The third-order valence-electron chi connectivity index (χ3n) is 3.89. The maximum Gasteiger partial charge on any atom is 0.304 e. The molecule has 4 nitrogen and oxygen atoms in total. The number of aliphatic carboxylic acids is 1. The molecule has 2 N–H and O–H groups in total. The van der Waals surface area contributed by atoms with Crippen LogP contribution in [0.2, 0.25) is 0 Å². The molecule has 1 aliphatic rings. The molecule has 1 amide bonds. The maximum atomic E-state index is 12.0. The second-order valence-electron chi connectivity index (χ2n) is 5.80. The minimum Gasteiger partial charge on any atom is -0.481 e. The molecule has 1 fully saturated rings. The van der Waals surface area contributed by atoms with Gasteiger partial charge in [-0.15, -0.1) is 0 Å². The summed E-state index contributed by atoms with van der Waals surface area (Å²) in [5.74, 6) is 1.26. The molecule has 1 aliphatic carbocycles. The Kier molecular flexibility index (Phi) is 6.77. The summed E-state index contributed by atoms with van der Waals surface area (Å²) in [6, 6.07) is 7.80. The highest BCUT2D eigenvalue weighted by molar-refractivity contribution is 7.98. The number of anilines is 1. The second-order valence-corrected chi connectivity index (χ2v) is 6.90. The largest absolute Gasteiger partial charge is 0.481 e. The first-order valence-electron chi connectivity index (χ1n) is 7.82. The standard InChI is InChI=1S/C17H23NO3S/c19-16(11-13-4-1-2-5-13)18-15-7-3-6-14(10-15)12-22-9-8-17(20)21/h3,6-7,10,13H,1-2,4-5,8-9,11-12H2,(H,18,19)(H,20,21). The molecule has 1 saturated carbocycles. The van der Waals surface area contributed by atoms with Crippen LogP contribution in [0.5, 0.6) is 0 Å². The van der Waals surface area contributed by atoms with Gasteiger partial charge in [-0.3, -0.25) is 9.59 Å². The van der Waals surface area contributed by atoms with Crippen molar-refractivity contribution < 1.29 is 14.7 Å². The van der Waals surface area contributed by atoms with Gasteiger partial charge in [-0.2, -0.15) is 11.8 Å². The Bertz CT molecular complexity index is 512. The summed E-state index contributed by atoms with van der Waals surface area (Å²) in [6.45, 7) is 0. The number of nitrogens with one attached hydrogen (secondary N) is 1. The summed E-state index contributed by atoms with van der Waals surface area (Å²) in [5.41, 5.74) is 1.94. The smallest absolute Gasteiger partial charge is 0.304 e. The number of carboxylic acids is 1. The van der Waals surface area contributed by atoms with E-state index in [0.717, 1.165) is 17.0 Å². The van der Waals surface area contributed by atoms with Gasteiger partial charge in [0.15, 0.2) is 0 Å².